The molecule has 0 unspecified atom stereocenters. The quantitative estimate of drug-likeness (QED) is 0.672. The smallest absolute Gasteiger partial charge is 0.294 e. The zero-order valence-electron chi connectivity index (χ0n) is 9.18. The van der Waals surface area contributed by atoms with Crippen molar-refractivity contribution >= 4 is 62.9 Å². The highest BCUT2D eigenvalue weighted by Gasteiger charge is 2.34. The van der Waals surface area contributed by atoms with E-state index in [4.69, 9.17) is 10.7 Å². The molecule has 10 heteroatoms. The van der Waals surface area contributed by atoms with Crippen molar-refractivity contribution in [1.29, 1.82) is 0 Å². The Morgan fingerprint density at radius 3 is 2.53 bits per heavy atom. The van der Waals surface area contributed by atoms with Crippen molar-refractivity contribution in [2.75, 3.05) is 0 Å². The second kappa shape index (κ2) is 4.80. The molecule has 1 aliphatic rings. The molecule has 1 fully saturated rings. The van der Waals surface area contributed by atoms with Crippen molar-refractivity contribution in [1.82, 2.24) is 14.8 Å². The number of thiophene rings is 1. The van der Waals surface area contributed by atoms with Gasteiger partial charge < -0.3 is 0 Å². The molecule has 0 spiro atoms. The van der Waals surface area contributed by atoms with E-state index < -0.39 is 9.05 Å². The first kappa shape index (κ1) is 14.0. The van der Waals surface area contributed by atoms with Gasteiger partial charge in [0.05, 0.1) is 7.57 Å². The monoisotopic (exact) mass is 445 g/mol. The number of halogens is 3. The zero-order valence-corrected chi connectivity index (χ0v) is 14.7. The molecule has 2 aromatic rings. The second-order valence-corrected chi connectivity index (χ2v) is 10.3. The summed E-state index contributed by atoms with van der Waals surface area (Å²) in [5, 5.41) is 7.55. The molecule has 0 N–H and O–H groups in total. The first-order valence-corrected chi connectivity index (χ1v) is 9.94. The fourth-order valence-electron chi connectivity index (χ4n) is 1.78. The van der Waals surface area contributed by atoms with Gasteiger partial charge in [-0.05, 0) is 50.8 Å². The second-order valence-electron chi connectivity index (χ2n) is 4.08. The molecule has 19 heavy (non-hydrogen) atoms. The Kier molecular flexibility index (Phi) is 3.54. The van der Waals surface area contributed by atoms with E-state index in [1.165, 1.54) is 11.3 Å². The van der Waals surface area contributed by atoms with E-state index in [2.05, 4.69) is 42.1 Å². The molecule has 2 aromatic heterocycles. The molecule has 0 aliphatic heterocycles. The molecular weight excluding hydrogens is 442 g/mol. The summed E-state index contributed by atoms with van der Waals surface area (Å²) in [6.07, 6.45) is 1.82. The minimum Gasteiger partial charge on any atom is -0.294 e. The van der Waals surface area contributed by atoms with Crippen molar-refractivity contribution in [3.8, 4) is 11.4 Å². The molecule has 0 bridgehead atoms. The van der Waals surface area contributed by atoms with Gasteiger partial charge >= 0.3 is 0 Å². The van der Waals surface area contributed by atoms with E-state index in [0.29, 0.717) is 5.82 Å². The Balaban J connectivity index is 2.23. The molecule has 102 valence electrons. The third-order valence-electron chi connectivity index (χ3n) is 2.69. The number of hydrogen-bond acceptors (Lipinski definition) is 5. The number of nitrogens with zero attached hydrogens (tertiary/aromatic N) is 3. The zero-order chi connectivity index (χ0) is 13.8. The van der Waals surface area contributed by atoms with Crippen LogP contribution in [0.2, 0.25) is 0 Å². The van der Waals surface area contributed by atoms with Gasteiger partial charge in [0.1, 0.15) is 0 Å². The third kappa shape index (κ3) is 2.63. The van der Waals surface area contributed by atoms with Gasteiger partial charge in [-0.3, -0.25) is 4.57 Å². The third-order valence-corrected chi connectivity index (χ3v) is 6.16. The molecule has 1 saturated carbocycles. The summed E-state index contributed by atoms with van der Waals surface area (Å²) in [6.45, 7) is 0. The first-order chi connectivity index (χ1) is 8.88. The van der Waals surface area contributed by atoms with Crippen LogP contribution in [0.1, 0.15) is 18.9 Å². The van der Waals surface area contributed by atoms with E-state index in [9.17, 15) is 8.42 Å². The summed E-state index contributed by atoms with van der Waals surface area (Å²) < 4.78 is 26.5. The summed E-state index contributed by atoms with van der Waals surface area (Å²) >= 11 is 8.32. The highest BCUT2D eigenvalue weighted by atomic mass is 79.9. The van der Waals surface area contributed by atoms with Crippen molar-refractivity contribution in [2.24, 2.45) is 0 Å². The Morgan fingerprint density at radius 1 is 1.37 bits per heavy atom. The van der Waals surface area contributed by atoms with Gasteiger partial charge in [0, 0.05) is 22.3 Å². The van der Waals surface area contributed by atoms with E-state index in [1.54, 1.807) is 4.57 Å². The van der Waals surface area contributed by atoms with Crippen LogP contribution in [0.25, 0.3) is 11.4 Å². The fourth-order valence-corrected chi connectivity index (χ4v) is 5.50. The minimum absolute atomic E-state index is 0.110. The van der Waals surface area contributed by atoms with Crippen LogP contribution < -0.4 is 0 Å². The molecule has 0 radical (unpaired) electrons. The van der Waals surface area contributed by atoms with Crippen molar-refractivity contribution in [3.63, 3.8) is 0 Å². The molecule has 0 saturated heterocycles. The molecule has 0 amide bonds. The predicted molar refractivity (Wildman–Crippen MR) is 80.0 cm³/mol. The Morgan fingerprint density at radius 2 is 2.05 bits per heavy atom. The Hall–Kier alpha value is 0.0400. The summed E-state index contributed by atoms with van der Waals surface area (Å²) in [5.41, 5.74) is 0.808. The van der Waals surface area contributed by atoms with Crippen LogP contribution >= 0.6 is 53.9 Å². The van der Waals surface area contributed by atoms with Gasteiger partial charge in [-0.2, -0.15) is 0 Å². The van der Waals surface area contributed by atoms with Crippen LogP contribution in [0.15, 0.2) is 18.8 Å². The lowest BCUT2D eigenvalue weighted by molar-refractivity contribution is 0.579. The van der Waals surface area contributed by atoms with Gasteiger partial charge in [0.2, 0.25) is 0 Å². The van der Waals surface area contributed by atoms with E-state index in [0.717, 1.165) is 26.0 Å². The lowest BCUT2D eigenvalue weighted by atomic mass is 10.3. The van der Waals surface area contributed by atoms with Crippen molar-refractivity contribution in [2.45, 2.75) is 24.0 Å². The molecule has 5 nitrogen and oxygen atoms in total. The van der Waals surface area contributed by atoms with Crippen LogP contribution in [0.5, 0.6) is 0 Å². The fraction of sp³-hybridized carbons (Fsp3) is 0.333. The van der Waals surface area contributed by atoms with Crippen LogP contribution in [0.3, 0.4) is 0 Å². The largest absolute Gasteiger partial charge is 0.296 e. The van der Waals surface area contributed by atoms with Gasteiger partial charge in [-0.1, -0.05) is 0 Å². The van der Waals surface area contributed by atoms with Gasteiger partial charge in [0.25, 0.3) is 14.2 Å². The summed E-state index contributed by atoms with van der Waals surface area (Å²) in [6, 6.07) is 1.99. The van der Waals surface area contributed by atoms with Crippen molar-refractivity contribution < 1.29 is 8.42 Å². The average molecular weight is 448 g/mol. The summed E-state index contributed by atoms with van der Waals surface area (Å²) in [7, 11) is 1.52. The van der Waals surface area contributed by atoms with Crippen LogP contribution in [0.4, 0.5) is 0 Å². The van der Waals surface area contributed by atoms with Gasteiger partial charge in [-0.25, -0.2) is 8.42 Å². The van der Waals surface area contributed by atoms with Crippen LogP contribution in [-0.4, -0.2) is 23.2 Å². The van der Waals surface area contributed by atoms with E-state index >= 15 is 0 Å². The number of rotatable bonds is 3. The number of hydrogen-bond donors (Lipinski definition) is 0. The van der Waals surface area contributed by atoms with Crippen LogP contribution in [-0.2, 0) is 9.05 Å². The molecule has 0 aromatic carbocycles. The molecule has 1 aliphatic carbocycles. The highest BCUT2D eigenvalue weighted by molar-refractivity contribution is 9.12. The SMILES string of the molecule is O=S(=O)(Cl)c1nnc(-c2cc(Br)sc2Br)n1C1CC1. The molecule has 3 rings (SSSR count). The Bertz CT molecular complexity index is 752. The maximum atomic E-state index is 11.5. The van der Waals surface area contributed by atoms with E-state index in [-0.39, 0.29) is 11.2 Å². The lowest BCUT2D eigenvalue weighted by Gasteiger charge is -2.06. The van der Waals surface area contributed by atoms with Gasteiger partial charge in [-0.15, -0.1) is 21.5 Å². The minimum atomic E-state index is -3.89. The number of aromatic nitrogens is 3. The standard InChI is InChI=1S/C9H6Br2ClN3O2S2/c10-6-3-5(7(11)18-6)8-13-14-9(19(12,16)17)15(8)4-1-2-4/h3-4H,1-2H2. The van der Waals surface area contributed by atoms with Crippen LogP contribution in [0, 0.1) is 0 Å². The first-order valence-electron chi connectivity index (χ1n) is 5.22. The Labute approximate surface area is 134 Å². The summed E-state index contributed by atoms with van der Waals surface area (Å²) in [5.74, 6) is 0.524. The van der Waals surface area contributed by atoms with Crippen molar-refractivity contribution in [3.05, 3.63) is 13.6 Å². The molecular formula is C9H6Br2ClN3O2S2. The maximum Gasteiger partial charge on any atom is 0.296 e. The topological polar surface area (TPSA) is 64.8 Å². The average Bonchev–Trinajstić information content (AvgIpc) is 2.93. The predicted octanol–water partition coefficient (Wildman–Crippen LogP) is 3.79. The van der Waals surface area contributed by atoms with E-state index in [1.807, 2.05) is 6.07 Å². The molecule has 2 heterocycles. The van der Waals surface area contributed by atoms with Gasteiger partial charge in [0.15, 0.2) is 5.82 Å². The normalized spacial score (nSPS) is 15.9. The lowest BCUT2D eigenvalue weighted by Crippen LogP contribution is -2.06. The highest BCUT2D eigenvalue weighted by Crippen LogP contribution is 2.44. The maximum absolute atomic E-state index is 11.5. The molecule has 0 atom stereocenters. The summed E-state index contributed by atoms with van der Waals surface area (Å²) in [4.78, 5) is 0.